The lowest BCUT2D eigenvalue weighted by Crippen LogP contribution is -2.30. The van der Waals surface area contributed by atoms with Crippen molar-refractivity contribution in [2.75, 3.05) is 13.7 Å². The van der Waals surface area contributed by atoms with E-state index in [1.54, 1.807) is 7.11 Å². The molecule has 1 aromatic carbocycles. The Morgan fingerprint density at radius 1 is 1.32 bits per heavy atom. The Morgan fingerprint density at radius 2 is 2.05 bits per heavy atom. The van der Waals surface area contributed by atoms with Gasteiger partial charge in [-0.05, 0) is 32.8 Å². The third kappa shape index (κ3) is 6.03. The summed E-state index contributed by atoms with van der Waals surface area (Å²) in [6.07, 6.45) is 1.83. The van der Waals surface area contributed by atoms with Gasteiger partial charge in [0.2, 0.25) is 5.91 Å². The molecule has 0 radical (unpaired) electrons. The van der Waals surface area contributed by atoms with Gasteiger partial charge in [-0.3, -0.25) is 4.79 Å². The molecule has 0 aromatic heterocycles. The van der Waals surface area contributed by atoms with Gasteiger partial charge in [-0.25, -0.2) is 4.79 Å². The SMILES string of the molecule is COc1ccc(C)cc1C(C)NC(=O)CCCCNC(N)=O. The van der Waals surface area contributed by atoms with Crippen molar-refractivity contribution < 1.29 is 14.3 Å². The van der Waals surface area contributed by atoms with Crippen LogP contribution in [-0.4, -0.2) is 25.6 Å². The largest absolute Gasteiger partial charge is 0.496 e. The maximum Gasteiger partial charge on any atom is 0.312 e. The number of aryl methyl sites for hydroxylation is 1. The van der Waals surface area contributed by atoms with E-state index >= 15 is 0 Å². The number of amides is 3. The standard InChI is InChI=1S/C16H25N3O3/c1-11-7-8-14(22-3)13(10-11)12(2)19-15(20)6-4-5-9-18-16(17)21/h7-8,10,12H,4-6,9H2,1-3H3,(H,19,20)(H3,17,18,21). The van der Waals surface area contributed by atoms with Crippen LogP contribution in [0.2, 0.25) is 0 Å². The Balaban J connectivity index is 2.44. The minimum Gasteiger partial charge on any atom is -0.496 e. The van der Waals surface area contributed by atoms with Gasteiger partial charge in [-0.15, -0.1) is 0 Å². The first-order valence-corrected chi connectivity index (χ1v) is 7.41. The van der Waals surface area contributed by atoms with Gasteiger partial charge in [0.05, 0.1) is 13.2 Å². The molecule has 0 fully saturated rings. The molecule has 4 N–H and O–H groups in total. The van der Waals surface area contributed by atoms with Crippen molar-refractivity contribution in [1.82, 2.24) is 10.6 Å². The van der Waals surface area contributed by atoms with E-state index in [4.69, 9.17) is 10.5 Å². The average molecular weight is 307 g/mol. The first-order chi connectivity index (χ1) is 10.4. The summed E-state index contributed by atoms with van der Waals surface area (Å²) in [6.45, 7) is 4.43. The number of benzene rings is 1. The second kappa shape index (κ2) is 8.92. The number of nitrogens with two attached hydrogens (primary N) is 1. The number of nitrogens with one attached hydrogen (secondary N) is 2. The second-order valence-electron chi connectivity index (χ2n) is 5.28. The van der Waals surface area contributed by atoms with Gasteiger partial charge in [-0.2, -0.15) is 0 Å². The molecule has 1 rings (SSSR count). The fourth-order valence-corrected chi connectivity index (χ4v) is 2.21. The summed E-state index contributed by atoms with van der Waals surface area (Å²) in [5.74, 6) is 0.749. The number of urea groups is 1. The van der Waals surface area contributed by atoms with E-state index < -0.39 is 6.03 Å². The summed E-state index contributed by atoms with van der Waals surface area (Å²) in [6, 6.07) is 5.24. The molecule has 6 heteroatoms. The Labute approximate surface area is 131 Å². The molecule has 3 amide bonds. The Morgan fingerprint density at radius 3 is 2.68 bits per heavy atom. The fraction of sp³-hybridized carbons (Fsp3) is 0.500. The molecule has 0 spiro atoms. The number of unbranched alkanes of at least 4 members (excludes halogenated alkanes) is 1. The van der Waals surface area contributed by atoms with Crippen molar-refractivity contribution in [1.29, 1.82) is 0 Å². The van der Waals surface area contributed by atoms with Crippen molar-refractivity contribution in [2.45, 2.75) is 39.2 Å². The molecule has 1 aromatic rings. The third-order valence-electron chi connectivity index (χ3n) is 3.36. The van der Waals surface area contributed by atoms with Gasteiger partial charge in [0.25, 0.3) is 0 Å². The minimum atomic E-state index is -0.537. The molecule has 0 saturated heterocycles. The smallest absolute Gasteiger partial charge is 0.312 e. The molecular weight excluding hydrogens is 282 g/mol. The number of carbonyl (C=O) groups is 2. The van der Waals surface area contributed by atoms with Gasteiger partial charge in [0.1, 0.15) is 5.75 Å². The molecule has 122 valence electrons. The van der Waals surface area contributed by atoms with E-state index in [0.29, 0.717) is 19.4 Å². The highest BCUT2D eigenvalue weighted by Gasteiger charge is 2.14. The summed E-state index contributed by atoms with van der Waals surface area (Å²) in [5, 5.41) is 5.46. The highest BCUT2D eigenvalue weighted by Crippen LogP contribution is 2.26. The van der Waals surface area contributed by atoms with E-state index in [0.717, 1.165) is 23.3 Å². The van der Waals surface area contributed by atoms with Crippen LogP contribution in [0.4, 0.5) is 4.79 Å². The molecule has 0 bridgehead atoms. The molecule has 22 heavy (non-hydrogen) atoms. The van der Waals surface area contributed by atoms with Crippen molar-refractivity contribution in [3.05, 3.63) is 29.3 Å². The molecule has 0 aliphatic rings. The van der Waals surface area contributed by atoms with Crippen molar-refractivity contribution in [2.24, 2.45) is 5.73 Å². The van der Waals surface area contributed by atoms with E-state index in [-0.39, 0.29) is 11.9 Å². The third-order valence-corrected chi connectivity index (χ3v) is 3.36. The quantitative estimate of drug-likeness (QED) is 0.641. The molecule has 0 saturated carbocycles. The topological polar surface area (TPSA) is 93.4 Å². The monoisotopic (exact) mass is 307 g/mol. The summed E-state index contributed by atoms with van der Waals surface area (Å²) in [5.41, 5.74) is 7.05. The Kier molecular flexibility index (Phi) is 7.22. The first kappa shape index (κ1) is 17.8. The van der Waals surface area contributed by atoms with E-state index in [1.807, 2.05) is 32.0 Å². The first-order valence-electron chi connectivity index (χ1n) is 7.41. The lowest BCUT2D eigenvalue weighted by molar-refractivity contribution is -0.121. The summed E-state index contributed by atoms with van der Waals surface area (Å²) < 4.78 is 5.34. The predicted molar refractivity (Wildman–Crippen MR) is 85.7 cm³/mol. The lowest BCUT2D eigenvalue weighted by atomic mass is 10.0. The number of methoxy groups -OCH3 is 1. The average Bonchev–Trinajstić information content (AvgIpc) is 2.46. The summed E-state index contributed by atoms with van der Waals surface area (Å²) in [4.78, 5) is 22.5. The van der Waals surface area contributed by atoms with Crippen LogP contribution in [-0.2, 0) is 4.79 Å². The van der Waals surface area contributed by atoms with Crippen molar-refractivity contribution in [3.8, 4) is 5.75 Å². The van der Waals surface area contributed by atoms with Gasteiger partial charge < -0.3 is 21.1 Å². The normalized spacial score (nSPS) is 11.6. The van der Waals surface area contributed by atoms with Crippen LogP contribution in [0.1, 0.15) is 43.4 Å². The van der Waals surface area contributed by atoms with Crippen LogP contribution in [0.5, 0.6) is 5.75 Å². The number of hydrogen-bond acceptors (Lipinski definition) is 3. The van der Waals surface area contributed by atoms with Crippen LogP contribution in [0, 0.1) is 6.92 Å². The number of ether oxygens (including phenoxy) is 1. The maximum atomic E-state index is 11.9. The van der Waals surface area contributed by atoms with E-state index in [2.05, 4.69) is 10.6 Å². The van der Waals surface area contributed by atoms with Gasteiger partial charge in [0, 0.05) is 18.5 Å². The van der Waals surface area contributed by atoms with E-state index in [1.165, 1.54) is 0 Å². The van der Waals surface area contributed by atoms with Gasteiger partial charge in [-0.1, -0.05) is 17.7 Å². The molecule has 0 aliphatic carbocycles. The molecule has 1 atom stereocenters. The van der Waals surface area contributed by atoms with Crippen LogP contribution >= 0.6 is 0 Å². The predicted octanol–water partition coefficient (Wildman–Crippen LogP) is 2.02. The van der Waals surface area contributed by atoms with E-state index in [9.17, 15) is 9.59 Å². The zero-order chi connectivity index (χ0) is 16.5. The van der Waals surface area contributed by atoms with Crippen LogP contribution in [0.25, 0.3) is 0 Å². The number of primary amides is 1. The zero-order valence-electron chi connectivity index (χ0n) is 13.4. The van der Waals surface area contributed by atoms with Crippen LogP contribution < -0.4 is 21.1 Å². The van der Waals surface area contributed by atoms with Crippen molar-refractivity contribution >= 4 is 11.9 Å². The lowest BCUT2D eigenvalue weighted by Gasteiger charge is -2.18. The van der Waals surface area contributed by atoms with Crippen molar-refractivity contribution in [3.63, 3.8) is 0 Å². The van der Waals surface area contributed by atoms with Gasteiger partial charge >= 0.3 is 6.03 Å². The fourth-order valence-electron chi connectivity index (χ4n) is 2.21. The molecule has 6 nitrogen and oxygen atoms in total. The number of rotatable bonds is 8. The van der Waals surface area contributed by atoms with Gasteiger partial charge in [0.15, 0.2) is 0 Å². The molecular formula is C16H25N3O3. The minimum absolute atomic E-state index is 0.0184. The molecule has 1 unspecified atom stereocenters. The number of carbonyl (C=O) groups excluding carboxylic acids is 2. The molecule has 0 aliphatic heterocycles. The highest BCUT2D eigenvalue weighted by molar-refractivity contribution is 5.76. The summed E-state index contributed by atoms with van der Waals surface area (Å²) in [7, 11) is 1.62. The van der Waals surface area contributed by atoms with Crippen LogP contribution in [0.15, 0.2) is 18.2 Å². The molecule has 0 heterocycles. The Bertz CT molecular complexity index is 517. The maximum absolute atomic E-state index is 11.9. The summed E-state index contributed by atoms with van der Waals surface area (Å²) >= 11 is 0. The second-order valence-corrected chi connectivity index (χ2v) is 5.28. The Hall–Kier alpha value is -2.24. The van der Waals surface area contributed by atoms with Crippen LogP contribution in [0.3, 0.4) is 0 Å². The zero-order valence-corrected chi connectivity index (χ0v) is 13.4. The highest BCUT2D eigenvalue weighted by atomic mass is 16.5. The number of hydrogen-bond donors (Lipinski definition) is 3.